The Morgan fingerprint density at radius 1 is 1.47 bits per heavy atom. The Morgan fingerprint density at radius 3 is 2.95 bits per heavy atom. The average Bonchev–Trinajstić information content (AvgIpc) is 2.93. The van der Waals surface area contributed by atoms with E-state index in [4.69, 9.17) is 5.11 Å². The minimum absolute atomic E-state index is 0. The number of rotatable bonds is 2. The summed E-state index contributed by atoms with van der Waals surface area (Å²) in [6.07, 6.45) is 0. The molecular weight excluding hydrogens is 295 g/mol. The number of nitrogens with zero attached hydrogens (tertiary/aromatic N) is 2. The number of hydrogen-bond acceptors (Lipinski definition) is 6. The maximum absolute atomic E-state index is 11.2. The molecule has 1 N–H and O–H groups in total. The fraction of sp³-hybridized carbons (Fsp3) is 0.182. The van der Waals surface area contributed by atoms with Gasteiger partial charge in [-0.2, -0.15) is 0 Å². The third-order valence-electron chi connectivity index (χ3n) is 2.48. The Bertz CT molecular complexity index is 671. The van der Waals surface area contributed by atoms with Crippen LogP contribution in [0.15, 0.2) is 23.2 Å². The fourth-order valence-electron chi connectivity index (χ4n) is 1.61. The summed E-state index contributed by atoms with van der Waals surface area (Å²) < 4.78 is 0.805. The van der Waals surface area contributed by atoms with Crippen LogP contribution in [0.25, 0.3) is 10.2 Å². The molecule has 0 spiro atoms. The van der Waals surface area contributed by atoms with Gasteiger partial charge in [0.15, 0.2) is 6.04 Å². The molecule has 1 atom stereocenters. The van der Waals surface area contributed by atoms with E-state index in [0.717, 1.165) is 10.2 Å². The molecule has 2 heterocycles. The van der Waals surface area contributed by atoms with Crippen LogP contribution >= 0.6 is 23.1 Å². The molecule has 0 saturated heterocycles. The van der Waals surface area contributed by atoms with Gasteiger partial charge in [-0.1, -0.05) is 12.1 Å². The van der Waals surface area contributed by atoms with Crippen molar-refractivity contribution in [3.63, 3.8) is 0 Å². The molecule has 0 amide bonds. The first kappa shape index (κ1) is 14.8. The zero-order valence-electron chi connectivity index (χ0n) is 9.99. The molecule has 0 fully saturated rings. The monoisotopic (exact) mass is 302 g/mol. The largest absolute Gasteiger partial charge is 1.00 e. The van der Waals surface area contributed by atoms with Crippen LogP contribution in [0, 0.1) is 0 Å². The van der Waals surface area contributed by atoms with Crippen LogP contribution in [0.3, 0.4) is 0 Å². The van der Waals surface area contributed by atoms with E-state index < -0.39 is 12.0 Å². The van der Waals surface area contributed by atoms with Crippen molar-refractivity contribution in [2.24, 2.45) is 4.99 Å². The number of thiazole rings is 1. The predicted molar refractivity (Wildman–Crippen MR) is 69.5 cm³/mol. The molecule has 19 heavy (non-hydrogen) atoms. The van der Waals surface area contributed by atoms with Gasteiger partial charge in [-0.05, 0) is 6.07 Å². The second-order valence-electron chi connectivity index (χ2n) is 3.75. The number of carbonyl (C=O) groups is 1. The summed E-state index contributed by atoms with van der Waals surface area (Å²) in [5.74, 6) is -0.532. The van der Waals surface area contributed by atoms with E-state index in [0.29, 0.717) is 15.8 Å². The van der Waals surface area contributed by atoms with Gasteiger partial charge in [-0.15, -0.1) is 28.8 Å². The quantitative estimate of drug-likeness (QED) is 0.670. The molecule has 0 unspecified atom stereocenters. The molecule has 5 nitrogen and oxygen atoms in total. The maximum Gasteiger partial charge on any atom is 1.00 e. The summed E-state index contributed by atoms with van der Waals surface area (Å²) in [6, 6.07) is 3.99. The van der Waals surface area contributed by atoms with Crippen LogP contribution in [-0.4, -0.2) is 32.9 Å². The van der Waals surface area contributed by atoms with E-state index in [-0.39, 0.29) is 35.3 Å². The summed E-state index contributed by atoms with van der Waals surface area (Å²) >= 11 is 2.76. The van der Waals surface area contributed by atoms with Crippen molar-refractivity contribution >= 4 is 44.3 Å². The van der Waals surface area contributed by atoms with Gasteiger partial charge in [0.25, 0.3) is 0 Å². The van der Waals surface area contributed by atoms with E-state index in [1.165, 1.54) is 35.2 Å². The summed E-state index contributed by atoms with van der Waals surface area (Å²) in [5, 5.41) is 21.4. The zero-order chi connectivity index (χ0) is 12.7. The van der Waals surface area contributed by atoms with Gasteiger partial charge in [-0.25, -0.2) is 9.78 Å². The van der Waals surface area contributed by atoms with Gasteiger partial charge in [0.1, 0.15) is 10.1 Å². The first-order valence-electron chi connectivity index (χ1n) is 5.15. The molecule has 2 aromatic rings. The summed E-state index contributed by atoms with van der Waals surface area (Å²) in [7, 11) is 0. The molecule has 1 aliphatic heterocycles. The first-order chi connectivity index (χ1) is 8.63. The second kappa shape index (κ2) is 5.80. The van der Waals surface area contributed by atoms with Crippen LogP contribution in [0.5, 0.6) is 5.75 Å². The molecular formula is C11H7N2NaO3S2. The van der Waals surface area contributed by atoms with Crippen molar-refractivity contribution in [2.45, 2.75) is 6.04 Å². The zero-order valence-corrected chi connectivity index (χ0v) is 13.6. The van der Waals surface area contributed by atoms with E-state index in [1.54, 1.807) is 6.07 Å². The minimum Gasteiger partial charge on any atom is -0.872 e. The van der Waals surface area contributed by atoms with Gasteiger partial charge in [0, 0.05) is 5.75 Å². The Balaban J connectivity index is 0.00000133. The fourth-order valence-corrected chi connectivity index (χ4v) is 3.70. The molecule has 0 aliphatic carbocycles. The smallest absolute Gasteiger partial charge is 0.872 e. The number of aliphatic imine (C=N–C) groups is 1. The predicted octanol–water partition coefficient (Wildman–Crippen LogP) is -1.68. The molecule has 1 aromatic heterocycles. The number of carboxylic acid groups (broad SMARTS) is 1. The maximum atomic E-state index is 11.2. The van der Waals surface area contributed by atoms with E-state index in [1.807, 2.05) is 0 Å². The van der Waals surface area contributed by atoms with Gasteiger partial charge in [-0.3, -0.25) is 4.99 Å². The molecule has 1 aromatic carbocycles. The topological polar surface area (TPSA) is 85.6 Å². The molecule has 92 valence electrons. The van der Waals surface area contributed by atoms with Gasteiger partial charge >= 0.3 is 35.5 Å². The standard InChI is InChI=1S/C11H8N2O3S2.Na/c14-5-1-2-6-8(3-5)18-10(12-6)9-13-7(4-17-9)11(15)16;/h1-3,7,14H,4H2,(H,15,16);/q;+1/p-1/t7-;/m1./s1. The number of hydrogen-bond donors (Lipinski definition) is 1. The number of fused-ring (bicyclic) bond motifs is 1. The van der Waals surface area contributed by atoms with Crippen LogP contribution in [-0.2, 0) is 4.79 Å². The molecule has 0 saturated carbocycles. The van der Waals surface area contributed by atoms with Crippen molar-refractivity contribution in [2.75, 3.05) is 5.75 Å². The van der Waals surface area contributed by atoms with E-state index >= 15 is 0 Å². The van der Waals surface area contributed by atoms with Gasteiger partial charge in [0.05, 0.1) is 10.2 Å². The second-order valence-corrected chi connectivity index (χ2v) is 5.79. The SMILES string of the molecule is O=C(O)[C@H]1CSC(c2nc3ccc([O-])cc3s2)=N1.[Na+]. The normalized spacial score (nSPS) is 18.1. The number of carboxylic acids is 1. The summed E-state index contributed by atoms with van der Waals surface area (Å²) in [6.45, 7) is 0. The molecule has 0 radical (unpaired) electrons. The number of benzene rings is 1. The minimum atomic E-state index is -0.916. The summed E-state index contributed by atoms with van der Waals surface area (Å²) in [5.41, 5.74) is 0.747. The molecule has 8 heteroatoms. The Kier molecular flexibility index (Phi) is 4.52. The van der Waals surface area contributed by atoms with Crippen molar-refractivity contribution < 1.29 is 44.6 Å². The number of aromatic nitrogens is 1. The van der Waals surface area contributed by atoms with Crippen LogP contribution in [0.1, 0.15) is 5.01 Å². The molecule has 0 bridgehead atoms. The summed E-state index contributed by atoms with van der Waals surface area (Å²) in [4.78, 5) is 19.3. The Morgan fingerprint density at radius 2 is 2.26 bits per heavy atom. The van der Waals surface area contributed by atoms with E-state index in [9.17, 15) is 9.90 Å². The van der Waals surface area contributed by atoms with Crippen LogP contribution in [0.2, 0.25) is 0 Å². The van der Waals surface area contributed by atoms with E-state index in [2.05, 4.69) is 9.98 Å². The van der Waals surface area contributed by atoms with Crippen molar-refractivity contribution in [3.8, 4) is 5.75 Å². The third kappa shape index (κ3) is 2.95. The molecule has 3 rings (SSSR count). The first-order valence-corrected chi connectivity index (χ1v) is 6.95. The van der Waals surface area contributed by atoms with Crippen molar-refractivity contribution in [1.82, 2.24) is 4.98 Å². The van der Waals surface area contributed by atoms with Crippen molar-refractivity contribution in [1.29, 1.82) is 0 Å². The number of aliphatic carboxylic acids is 1. The number of thioether (sulfide) groups is 1. The molecule has 1 aliphatic rings. The van der Waals surface area contributed by atoms with Crippen LogP contribution in [0.4, 0.5) is 0 Å². The van der Waals surface area contributed by atoms with Crippen LogP contribution < -0.4 is 34.7 Å². The van der Waals surface area contributed by atoms with Crippen molar-refractivity contribution in [3.05, 3.63) is 23.2 Å². The Hall–Kier alpha value is -0.600. The van der Waals surface area contributed by atoms with Gasteiger partial charge < -0.3 is 10.2 Å². The Labute approximate surface area is 139 Å². The third-order valence-corrected chi connectivity index (χ3v) is 4.69. The average molecular weight is 302 g/mol. The van der Waals surface area contributed by atoms with Gasteiger partial charge in [0.2, 0.25) is 0 Å².